The number of nitrogens with one attached hydrogen (secondary N) is 1. The highest BCUT2D eigenvalue weighted by atomic mass is 16.2. The number of amides is 1. The van der Waals surface area contributed by atoms with Gasteiger partial charge >= 0.3 is 5.69 Å². The van der Waals surface area contributed by atoms with Gasteiger partial charge < -0.3 is 5.32 Å². The van der Waals surface area contributed by atoms with E-state index < -0.39 is 0 Å². The number of imidazole rings is 1. The lowest BCUT2D eigenvalue weighted by atomic mass is 10.1. The summed E-state index contributed by atoms with van der Waals surface area (Å²) in [5.74, 6) is 0.482. The molecule has 1 aliphatic carbocycles. The van der Waals surface area contributed by atoms with E-state index in [1.165, 1.54) is 4.57 Å². The lowest BCUT2D eigenvalue weighted by Gasteiger charge is -2.07. The molecule has 2 rings (SSSR count). The maximum absolute atomic E-state index is 11.9. The van der Waals surface area contributed by atoms with E-state index in [0.29, 0.717) is 18.5 Å². The standard InChI is InChI=1S/C13H21N3O2/c1-10(2)5-6-14-12(17)9-15-7-8-16(13(15)18)11-3-4-11/h7-8,10-11H,3-6,9H2,1-2H3,(H,14,17). The zero-order valence-electron chi connectivity index (χ0n) is 11.1. The van der Waals surface area contributed by atoms with Gasteiger partial charge in [0.05, 0.1) is 0 Å². The molecule has 1 aromatic heterocycles. The van der Waals surface area contributed by atoms with Crippen LogP contribution in [0.15, 0.2) is 17.2 Å². The molecule has 0 aromatic carbocycles. The highest BCUT2D eigenvalue weighted by molar-refractivity contribution is 5.75. The molecule has 1 heterocycles. The van der Waals surface area contributed by atoms with Crippen molar-refractivity contribution in [2.45, 2.75) is 45.7 Å². The molecule has 1 aromatic rings. The summed E-state index contributed by atoms with van der Waals surface area (Å²) in [6.45, 7) is 5.03. The summed E-state index contributed by atoms with van der Waals surface area (Å²) in [7, 11) is 0. The normalized spacial score (nSPS) is 15.1. The minimum absolute atomic E-state index is 0.0727. The Morgan fingerprint density at radius 1 is 1.44 bits per heavy atom. The number of carbonyl (C=O) groups excluding carboxylic acids is 1. The Labute approximate surface area is 107 Å². The predicted octanol–water partition coefficient (Wildman–Crippen LogP) is 1.15. The molecule has 1 saturated carbocycles. The lowest BCUT2D eigenvalue weighted by molar-refractivity contribution is -0.121. The summed E-state index contributed by atoms with van der Waals surface area (Å²) in [6.07, 6.45) is 6.59. The fraction of sp³-hybridized carbons (Fsp3) is 0.692. The Bertz CT molecular complexity index is 469. The van der Waals surface area contributed by atoms with Gasteiger partial charge in [0.2, 0.25) is 5.91 Å². The van der Waals surface area contributed by atoms with Crippen molar-refractivity contribution in [3.63, 3.8) is 0 Å². The van der Waals surface area contributed by atoms with Crippen LogP contribution in [-0.4, -0.2) is 21.6 Å². The number of rotatable bonds is 6. The molecule has 1 amide bonds. The first-order valence-electron chi connectivity index (χ1n) is 6.62. The Hall–Kier alpha value is -1.52. The zero-order valence-corrected chi connectivity index (χ0v) is 11.1. The van der Waals surface area contributed by atoms with Crippen LogP contribution >= 0.6 is 0 Å². The lowest BCUT2D eigenvalue weighted by Crippen LogP contribution is -2.33. The van der Waals surface area contributed by atoms with E-state index in [2.05, 4.69) is 19.2 Å². The average molecular weight is 251 g/mol. The summed E-state index contributed by atoms with van der Waals surface area (Å²) in [5.41, 5.74) is -0.0727. The number of hydrogen-bond donors (Lipinski definition) is 1. The van der Waals surface area contributed by atoms with Crippen molar-refractivity contribution in [3.8, 4) is 0 Å². The Morgan fingerprint density at radius 2 is 2.17 bits per heavy atom. The first-order valence-corrected chi connectivity index (χ1v) is 6.62. The third-order valence-corrected chi connectivity index (χ3v) is 3.17. The molecule has 1 N–H and O–H groups in total. The number of nitrogens with zero attached hydrogens (tertiary/aromatic N) is 2. The summed E-state index contributed by atoms with van der Waals surface area (Å²) in [6, 6.07) is 0.364. The molecule has 0 aliphatic heterocycles. The number of hydrogen-bond acceptors (Lipinski definition) is 2. The highest BCUT2D eigenvalue weighted by Crippen LogP contribution is 2.33. The molecule has 0 saturated heterocycles. The van der Waals surface area contributed by atoms with Gasteiger partial charge in [-0.15, -0.1) is 0 Å². The first-order chi connectivity index (χ1) is 8.58. The molecule has 1 aliphatic rings. The van der Waals surface area contributed by atoms with Crippen LogP contribution in [0.1, 0.15) is 39.2 Å². The first kappa shape index (κ1) is 12.9. The molecule has 18 heavy (non-hydrogen) atoms. The van der Waals surface area contributed by atoms with Crippen LogP contribution < -0.4 is 11.0 Å². The molecule has 0 radical (unpaired) electrons. The Morgan fingerprint density at radius 3 is 2.78 bits per heavy atom. The Kier molecular flexibility index (Phi) is 3.89. The number of carbonyl (C=O) groups is 1. The van der Waals surface area contributed by atoms with Gasteiger partial charge in [0.1, 0.15) is 6.54 Å². The van der Waals surface area contributed by atoms with E-state index in [9.17, 15) is 9.59 Å². The van der Waals surface area contributed by atoms with E-state index in [0.717, 1.165) is 19.3 Å². The SMILES string of the molecule is CC(C)CCNC(=O)Cn1ccn(C2CC2)c1=O. The van der Waals surface area contributed by atoms with Gasteiger partial charge in [-0.1, -0.05) is 13.8 Å². The molecule has 5 heteroatoms. The van der Waals surface area contributed by atoms with Crippen molar-refractivity contribution in [2.24, 2.45) is 5.92 Å². The molecular formula is C13H21N3O2. The van der Waals surface area contributed by atoms with Crippen LogP contribution in [0.25, 0.3) is 0 Å². The van der Waals surface area contributed by atoms with Gasteiger partial charge in [0, 0.05) is 25.0 Å². The average Bonchev–Trinajstić information content (AvgIpc) is 3.06. The summed E-state index contributed by atoms with van der Waals surface area (Å²) in [5, 5.41) is 2.84. The third kappa shape index (κ3) is 3.24. The van der Waals surface area contributed by atoms with Gasteiger partial charge in [-0.2, -0.15) is 0 Å². The van der Waals surface area contributed by atoms with E-state index >= 15 is 0 Å². The van der Waals surface area contributed by atoms with Crippen molar-refractivity contribution in [3.05, 3.63) is 22.9 Å². The number of aromatic nitrogens is 2. The molecule has 0 spiro atoms. The molecular weight excluding hydrogens is 230 g/mol. The minimum atomic E-state index is -0.0914. The van der Waals surface area contributed by atoms with E-state index in [1.54, 1.807) is 17.0 Å². The second kappa shape index (κ2) is 5.42. The maximum atomic E-state index is 11.9. The zero-order chi connectivity index (χ0) is 13.1. The van der Waals surface area contributed by atoms with Crippen LogP contribution in [0.4, 0.5) is 0 Å². The van der Waals surface area contributed by atoms with E-state index in [-0.39, 0.29) is 18.1 Å². The van der Waals surface area contributed by atoms with Crippen molar-refractivity contribution in [1.29, 1.82) is 0 Å². The van der Waals surface area contributed by atoms with Crippen LogP contribution in [0.3, 0.4) is 0 Å². The van der Waals surface area contributed by atoms with Crippen molar-refractivity contribution >= 4 is 5.91 Å². The van der Waals surface area contributed by atoms with Crippen LogP contribution in [0, 0.1) is 5.92 Å². The summed E-state index contributed by atoms with van der Waals surface area (Å²) < 4.78 is 3.20. The predicted molar refractivity (Wildman–Crippen MR) is 69.4 cm³/mol. The maximum Gasteiger partial charge on any atom is 0.328 e. The van der Waals surface area contributed by atoms with E-state index in [4.69, 9.17) is 0 Å². The third-order valence-electron chi connectivity index (χ3n) is 3.17. The molecule has 5 nitrogen and oxygen atoms in total. The van der Waals surface area contributed by atoms with Gasteiger partial charge in [-0.05, 0) is 25.2 Å². The van der Waals surface area contributed by atoms with Gasteiger partial charge in [-0.25, -0.2) is 4.79 Å². The summed E-state index contributed by atoms with van der Waals surface area (Å²) in [4.78, 5) is 23.6. The summed E-state index contributed by atoms with van der Waals surface area (Å²) >= 11 is 0. The fourth-order valence-electron chi connectivity index (χ4n) is 1.89. The molecule has 0 unspecified atom stereocenters. The largest absolute Gasteiger partial charge is 0.355 e. The van der Waals surface area contributed by atoms with Crippen molar-refractivity contribution in [2.75, 3.05) is 6.54 Å². The van der Waals surface area contributed by atoms with Gasteiger partial charge in [0.15, 0.2) is 0 Å². The van der Waals surface area contributed by atoms with Crippen molar-refractivity contribution < 1.29 is 4.79 Å². The van der Waals surface area contributed by atoms with Gasteiger partial charge in [-0.3, -0.25) is 13.9 Å². The molecule has 100 valence electrons. The molecule has 0 bridgehead atoms. The topological polar surface area (TPSA) is 56.0 Å². The van der Waals surface area contributed by atoms with Crippen LogP contribution in [0.2, 0.25) is 0 Å². The van der Waals surface area contributed by atoms with Crippen LogP contribution in [0.5, 0.6) is 0 Å². The second-order valence-electron chi connectivity index (χ2n) is 5.38. The van der Waals surface area contributed by atoms with Gasteiger partial charge in [0.25, 0.3) is 0 Å². The minimum Gasteiger partial charge on any atom is -0.355 e. The quantitative estimate of drug-likeness (QED) is 0.824. The fourth-order valence-corrected chi connectivity index (χ4v) is 1.89. The van der Waals surface area contributed by atoms with Crippen LogP contribution in [-0.2, 0) is 11.3 Å². The van der Waals surface area contributed by atoms with Crippen molar-refractivity contribution in [1.82, 2.24) is 14.5 Å². The second-order valence-corrected chi connectivity index (χ2v) is 5.38. The molecule has 0 atom stereocenters. The monoisotopic (exact) mass is 251 g/mol. The molecule has 1 fully saturated rings. The smallest absolute Gasteiger partial charge is 0.328 e. The Balaban J connectivity index is 1.85. The highest BCUT2D eigenvalue weighted by Gasteiger charge is 2.25. The van der Waals surface area contributed by atoms with E-state index in [1.807, 2.05) is 0 Å².